The molecule has 0 radical (unpaired) electrons. The highest BCUT2D eigenvalue weighted by Gasteiger charge is 2.22. The van der Waals surface area contributed by atoms with E-state index in [2.05, 4.69) is 0 Å². The Hall–Kier alpha value is -3.86. The fraction of sp³-hybridized carbons (Fsp3) is 0.188. The molecule has 4 aromatic rings. The number of Topliss-reactive ketones (excluding diaryl/α,β-unsaturated/α-hetero) is 2. The number of benzene rings is 4. The molecule has 0 saturated carbocycles. The predicted molar refractivity (Wildman–Crippen MR) is 143 cm³/mol. The summed E-state index contributed by atoms with van der Waals surface area (Å²) in [6, 6.07) is 37.7. The van der Waals surface area contributed by atoms with Crippen LogP contribution in [0.15, 0.2) is 121 Å². The van der Waals surface area contributed by atoms with Crippen LogP contribution in [0.25, 0.3) is 0 Å². The number of ketones is 2. The lowest BCUT2D eigenvalue weighted by Gasteiger charge is -2.16. The summed E-state index contributed by atoms with van der Waals surface area (Å²) in [6.07, 6.45) is -1.03. The average Bonchev–Trinajstić information content (AvgIpc) is 2.96. The molecular formula is C32H32O4. The van der Waals surface area contributed by atoms with Crippen molar-refractivity contribution in [3.8, 4) is 0 Å². The molecule has 0 aliphatic carbocycles. The molecule has 4 aromatic carbocycles. The molecule has 0 amide bonds. The fourth-order valence-electron chi connectivity index (χ4n) is 3.74. The van der Waals surface area contributed by atoms with Gasteiger partial charge >= 0.3 is 0 Å². The number of hydrogen-bond donors (Lipinski definition) is 0. The standard InChI is InChI=1S/2C16H16O2/c2*1-2-18-16(14-11-7-4-8-12-14)15(17)13-9-5-3-6-10-13/h2*3-12,16H,2H2,1H3. The van der Waals surface area contributed by atoms with Gasteiger partial charge in [0.2, 0.25) is 0 Å². The van der Waals surface area contributed by atoms with Crippen molar-refractivity contribution >= 4 is 11.6 Å². The highest BCUT2D eigenvalue weighted by Crippen LogP contribution is 2.23. The molecule has 0 aliphatic rings. The van der Waals surface area contributed by atoms with Crippen LogP contribution >= 0.6 is 0 Å². The summed E-state index contributed by atoms with van der Waals surface area (Å²) in [7, 11) is 0. The third kappa shape index (κ3) is 7.57. The topological polar surface area (TPSA) is 52.6 Å². The molecule has 2 atom stereocenters. The van der Waals surface area contributed by atoms with Crippen molar-refractivity contribution in [2.75, 3.05) is 13.2 Å². The Morgan fingerprint density at radius 3 is 1.06 bits per heavy atom. The van der Waals surface area contributed by atoms with E-state index in [1.807, 2.05) is 135 Å². The Morgan fingerprint density at radius 2 is 0.778 bits per heavy atom. The number of carbonyl (C=O) groups is 2. The third-order valence-electron chi connectivity index (χ3n) is 5.46. The highest BCUT2D eigenvalue weighted by molar-refractivity contribution is 6.00. The minimum Gasteiger partial charge on any atom is -0.366 e. The van der Waals surface area contributed by atoms with E-state index in [1.54, 1.807) is 0 Å². The van der Waals surface area contributed by atoms with Crippen molar-refractivity contribution in [1.29, 1.82) is 0 Å². The van der Waals surface area contributed by atoms with Crippen LogP contribution in [0, 0.1) is 0 Å². The molecule has 4 heteroatoms. The normalized spacial score (nSPS) is 12.1. The second kappa shape index (κ2) is 14.5. The van der Waals surface area contributed by atoms with E-state index in [-0.39, 0.29) is 11.6 Å². The first kappa shape index (κ1) is 26.7. The van der Waals surface area contributed by atoms with E-state index < -0.39 is 12.2 Å². The molecule has 4 rings (SSSR count). The quantitative estimate of drug-likeness (QED) is 0.224. The van der Waals surface area contributed by atoms with E-state index in [0.29, 0.717) is 24.3 Å². The van der Waals surface area contributed by atoms with Gasteiger partial charge in [0, 0.05) is 24.3 Å². The van der Waals surface area contributed by atoms with Gasteiger partial charge in [-0.25, -0.2) is 0 Å². The van der Waals surface area contributed by atoms with E-state index in [9.17, 15) is 9.59 Å². The third-order valence-corrected chi connectivity index (χ3v) is 5.46. The molecule has 0 spiro atoms. The van der Waals surface area contributed by atoms with Gasteiger partial charge in [0.1, 0.15) is 12.2 Å². The van der Waals surface area contributed by atoms with Crippen LogP contribution in [0.3, 0.4) is 0 Å². The van der Waals surface area contributed by atoms with Gasteiger partial charge in [0.25, 0.3) is 0 Å². The maximum Gasteiger partial charge on any atom is 0.196 e. The first-order valence-corrected chi connectivity index (χ1v) is 12.2. The molecule has 2 unspecified atom stereocenters. The molecule has 36 heavy (non-hydrogen) atoms. The summed E-state index contributed by atoms with van der Waals surface area (Å²) in [5.41, 5.74) is 3.15. The summed E-state index contributed by atoms with van der Waals surface area (Å²) in [5, 5.41) is 0. The SMILES string of the molecule is CCOC(C(=O)c1ccccc1)c1ccccc1.CCOC(C(=O)c1ccccc1)c1ccccc1. The fourth-order valence-corrected chi connectivity index (χ4v) is 3.74. The number of rotatable bonds is 10. The smallest absolute Gasteiger partial charge is 0.196 e. The summed E-state index contributed by atoms with van der Waals surface area (Å²) in [5.74, 6) is 0.00676. The lowest BCUT2D eigenvalue weighted by atomic mass is 10.00. The van der Waals surface area contributed by atoms with Crippen LogP contribution < -0.4 is 0 Å². The summed E-state index contributed by atoms with van der Waals surface area (Å²) >= 11 is 0. The lowest BCUT2D eigenvalue weighted by Crippen LogP contribution is -2.16. The maximum absolute atomic E-state index is 12.4. The zero-order valence-corrected chi connectivity index (χ0v) is 20.7. The van der Waals surface area contributed by atoms with Crippen LogP contribution in [0.2, 0.25) is 0 Å². The van der Waals surface area contributed by atoms with Gasteiger partial charge in [-0.1, -0.05) is 121 Å². The van der Waals surface area contributed by atoms with E-state index in [4.69, 9.17) is 9.47 Å². The minimum atomic E-state index is -0.515. The maximum atomic E-state index is 12.4. The van der Waals surface area contributed by atoms with Crippen LogP contribution in [-0.2, 0) is 9.47 Å². The molecule has 0 bridgehead atoms. The van der Waals surface area contributed by atoms with Gasteiger partial charge in [-0.3, -0.25) is 9.59 Å². The van der Waals surface area contributed by atoms with E-state index in [0.717, 1.165) is 11.1 Å². The molecule has 0 N–H and O–H groups in total. The zero-order valence-electron chi connectivity index (χ0n) is 20.7. The molecule has 0 aliphatic heterocycles. The summed E-state index contributed by atoms with van der Waals surface area (Å²) in [4.78, 5) is 24.8. The average molecular weight is 481 g/mol. The van der Waals surface area contributed by atoms with Gasteiger partial charge < -0.3 is 9.47 Å². The van der Waals surface area contributed by atoms with Gasteiger partial charge in [0.15, 0.2) is 11.6 Å². The molecule has 4 nitrogen and oxygen atoms in total. The first-order valence-electron chi connectivity index (χ1n) is 12.2. The van der Waals surface area contributed by atoms with Crippen LogP contribution in [0.1, 0.15) is 57.9 Å². The summed E-state index contributed by atoms with van der Waals surface area (Å²) in [6.45, 7) is 4.82. The molecule has 0 fully saturated rings. The van der Waals surface area contributed by atoms with Gasteiger partial charge in [-0.05, 0) is 25.0 Å². The molecule has 184 valence electrons. The van der Waals surface area contributed by atoms with E-state index >= 15 is 0 Å². The number of ether oxygens (including phenoxy) is 2. The Balaban J connectivity index is 0.000000201. The molecule has 0 aromatic heterocycles. The highest BCUT2D eigenvalue weighted by atomic mass is 16.5. The Morgan fingerprint density at radius 1 is 0.500 bits per heavy atom. The monoisotopic (exact) mass is 480 g/mol. The summed E-state index contributed by atoms with van der Waals surface area (Å²) < 4.78 is 11.2. The second-order valence-electron chi connectivity index (χ2n) is 7.95. The second-order valence-corrected chi connectivity index (χ2v) is 7.95. The van der Waals surface area contributed by atoms with Crippen LogP contribution in [-0.4, -0.2) is 24.8 Å². The predicted octanol–water partition coefficient (Wildman–Crippen LogP) is 7.29. The van der Waals surface area contributed by atoms with Gasteiger partial charge in [0.05, 0.1) is 0 Å². The molecular weight excluding hydrogens is 448 g/mol. The number of hydrogen-bond acceptors (Lipinski definition) is 4. The van der Waals surface area contributed by atoms with Crippen LogP contribution in [0.4, 0.5) is 0 Å². The van der Waals surface area contributed by atoms with Crippen molar-refractivity contribution in [2.24, 2.45) is 0 Å². The van der Waals surface area contributed by atoms with Gasteiger partial charge in [-0.15, -0.1) is 0 Å². The largest absolute Gasteiger partial charge is 0.366 e. The Kier molecular flexibility index (Phi) is 10.8. The van der Waals surface area contributed by atoms with Crippen molar-refractivity contribution < 1.29 is 19.1 Å². The van der Waals surface area contributed by atoms with Crippen molar-refractivity contribution in [3.63, 3.8) is 0 Å². The Labute approximate surface area is 213 Å². The lowest BCUT2D eigenvalue weighted by molar-refractivity contribution is 0.0450. The van der Waals surface area contributed by atoms with Crippen molar-refractivity contribution in [3.05, 3.63) is 144 Å². The Bertz CT molecular complexity index is 1080. The van der Waals surface area contributed by atoms with Gasteiger partial charge in [-0.2, -0.15) is 0 Å². The minimum absolute atomic E-state index is 0.00338. The van der Waals surface area contributed by atoms with E-state index in [1.165, 1.54) is 0 Å². The number of carbonyl (C=O) groups excluding carboxylic acids is 2. The zero-order chi connectivity index (χ0) is 25.6. The van der Waals surface area contributed by atoms with Crippen LogP contribution in [0.5, 0.6) is 0 Å². The van der Waals surface area contributed by atoms with Crippen molar-refractivity contribution in [1.82, 2.24) is 0 Å². The first-order chi connectivity index (χ1) is 17.7. The molecule has 0 saturated heterocycles. The van der Waals surface area contributed by atoms with Crippen molar-refractivity contribution in [2.45, 2.75) is 26.1 Å². The molecule has 0 heterocycles.